The van der Waals surface area contributed by atoms with Gasteiger partial charge in [0.15, 0.2) is 0 Å². The molecule has 1 saturated heterocycles. The highest BCUT2D eigenvalue weighted by atomic mass is 32.2. The van der Waals surface area contributed by atoms with Crippen molar-refractivity contribution in [2.45, 2.75) is 23.7 Å². The van der Waals surface area contributed by atoms with Gasteiger partial charge in [0.25, 0.3) is 10.0 Å². The second-order valence-corrected chi connectivity index (χ2v) is 9.58. The van der Waals surface area contributed by atoms with Crippen molar-refractivity contribution < 1.29 is 17.9 Å². The summed E-state index contributed by atoms with van der Waals surface area (Å²) in [5.41, 5.74) is 1.09. The van der Waals surface area contributed by atoms with E-state index in [0.29, 0.717) is 43.4 Å². The summed E-state index contributed by atoms with van der Waals surface area (Å²) in [5.74, 6) is -0.424. The number of nitrogens with zero attached hydrogens (tertiary/aromatic N) is 1. The highest BCUT2D eigenvalue weighted by Gasteiger charge is 2.33. The van der Waals surface area contributed by atoms with Gasteiger partial charge < -0.3 is 10.1 Å². The molecule has 1 atom stereocenters. The average Bonchev–Trinajstić information content (AvgIpc) is 3.24. The molecule has 0 spiro atoms. The molecule has 1 aliphatic heterocycles. The third-order valence-electron chi connectivity index (χ3n) is 4.50. The van der Waals surface area contributed by atoms with E-state index in [1.807, 2.05) is 30.3 Å². The topological polar surface area (TPSA) is 75.7 Å². The molecule has 1 unspecified atom stereocenters. The Bertz CT molecular complexity index is 823. The van der Waals surface area contributed by atoms with Crippen molar-refractivity contribution in [1.29, 1.82) is 0 Å². The molecule has 1 N–H and O–H groups in total. The van der Waals surface area contributed by atoms with Gasteiger partial charge in [-0.05, 0) is 29.9 Å². The van der Waals surface area contributed by atoms with Crippen molar-refractivity contribution in [3.8, 4) is 0 Å². The number of carbonyl (C=O) groups is 1. The molecule has 2 heterocycles. The van der Waals surface area contributed by atoms with Crippen LogP contribution in [0.15, 0.2) is 52.1 Å². The fourth-order valence-electron chi connectivity index (χ4n) is 3.07. The average molecular weight is 409 g/mol. The number of thiophene rings is 1. The zero-order valence-electron chi connectivity index (χ0n) is 15.0. The summed E-state index contributed by atoms with van der Waals surface area (Å²) >= 11 is 1.20. The van der Waals surface area contributed by atoms with Gasteiger partial charge in [-0.15, -0.1) is 11.3 Å². The third kappa shape index (κ3) is 5.38. The SMILES string of the molecule is O=C(NCCOCc1ccccc1)C1CCCN(S(=O)(=O)c2cccs2)C1. The number of rotatable bonds is 8. The maximum Gasteiger partial charge on any atom is 0.252 e. The van der Waals surface area contributed by atoms with E-state index in [0.717, 1.165) is 5.56 Å². The first-order chi connectivity index (χ1) is 13.1. The summed E-state index contributed by atoms with van der Waals surface area (Å²) in [4.78, 5) is 12.4. The number of benzene rings is 1. The zero-order valence-corrected chi connectivity index (χ0v) is 16.7. The van der Waals surface area contributed by atoms with Crippen molar-refractivity contribution >= 4 is 27.3 Å². The fourth-order valence-corrected chi connectivity index (χ4v) is 5.74. The minimum atomic E-state index is -3.50. The quantitative estimate of drug-likeness (QED) is 0.681. The van der Waals surface area contributed by atoms with Crippen LogP contribution in [0, 0.1) is 5.92 Å². The van der Waals surface area contributed by atoms with Gasteiger partial charge in [0.05, 0.1) is 19.1 Å². The maximum absolute atomic E-state index is 12.6. The smallest absolute Gasteiger partial charge is 0.252 e. The molecule has 1 amide bonds. The molecule has 146 valence electrons. The lowest BCUT2D eigenvalue weighted by Gasteiger charge is -2.30. The molecular weight excluding hydrogens is 384 g/mol. The van der Waals surface area contributed by atoms with E-state index >= 15 is 0 Å². The van der Waals surface area contributed by atoms with Crippen LogP contribution in [0.4, 0.5) is 0 Å². The summed E-state index contributed by atoms with van der Waals surface area (Å²) in [6.07, 6.45) is 1.39. The zero-order chi connectivity index (χ0) is 19.1. The Hall–Kier alpha value is -1.74. The molecule has 1 aliphatic rings. The van der Waals surface area contributed by atoms with Crippen molar-refractivity contribution in [2.24, 2.45) is 5.92 Å². The van der Waals surface area contributed by atoms with Gasteiger partial charge in [0, 0.05) is 19.6 Å². The maximum atomic E-state index is 12.6. The predicted molar refractivity (Wildman–Crippen MR) is 105 cm³/mol. The van der Waals surface area contributed by atoms with Gasteiger partial charge in [-0.3, -0.25) is 4.79 Å². The minimum absolute atomic E-state index is 0.107. The number of hydrogen-bond acceptors (Lipinski definition) is 5. The van der Waals surface area contributed by atoms with Gasteiger partial charge in [-0.2, -0.15) is 4.31 Å². The van der Waals surface area contributed by atoms with E-state index in [-0.39, 0.29) is 18.4 Å². The number of ether oxygens (including phenoxy) is 1. The first kappa shape index (κ1) is 20.0. The number of piperidine rings is 1. The molecule has 3 rings (SSSR count). The van der Waals surface area contributed by atoms with Crippen LogP contribution in [0.25, 0.3) is 0 Å². The van der Waals surface area contributed by atoms with Gasteiger partial charge >= 0.3 is 0 Å². The molecule has 0 saturated carbocycles. The number of nitrogens with one attached hydrogen (secondary N) is 1. The summed E-state index contributed by atoms with van der Waals surface area (Å²) in [5, 5.41) is 4.61. The Morgan fingerprint density at radius 2 is 2.04 bits per heavy atom. The van der Waals surface area contributed by atoms with Crippen LogP contribution in [0.3, 0.4) is 0 Å². The number of hydrogen-bond donors (Lipinski definition) is 1. The monoisotopic (exact) mass is 408 g/mol. The summed E-state index contributed by atoms with van der Waals surface area (Å²) in [6.45, 7) is 2.04. The molecule has 0 bridgehead atoms. The highest BCUT2D eigenvalue weighted by Crippen LogP contribution is 2.26. The van der Waals surface area contributed by atoms with E-state index in [2.05, 4.69) is 5.32 Å². The van der Waals surface area contributed by atoms with Crippen LogP contribution in [-0.2, 0) is 26.2 Å². The lowest BCUT2D eigenvalue weighted by molar-refractivity contribution is -0.126. The molecule has 27 heavy (non-hydrogen) atoms. The Labute approximate surface area is 164 Å². The summed E-state index contributed by atoms with van der Waals surface area (Å²) in [6, 6.07) is 13.2. The van der Waals surface area contributed by atoms with Crippen molar-refractivity contribution in [1.82, 2.24) is 9.62 Å². The van der Waals surface area contributed by atoms with E-state index in [1.165, 1.54) is 15.6 Å². The molecule has 1 aromatic carbocycles. The Kier molecular flexibility index (Phi) is 7.01. The molecule has 8 heteroatoms. The lowest BCUT2D eigenvalue weighted by Crippen LogP contribution is -2.45. The Balaban J connectivity index is 1.43. The van der Waals surface area contributed by atoms with Gasteiger partial charge in [-0.25, -0.2) is 8.42 Å². The normalized spacial score (nSPS) is 18.3. The number of amides is 1. The first-order valence-corrected chi connectivity index (χ1v) is 11.3. The summed E-state index contributed by atoms with van der Waals surface area (Å²) < 4.78 is 32.6. The van der Waals surface area contributed by atoms with Crippen molar-refractivity contribution in [3.05, 3.63) is 53.4 Å². The van der Waals surface area contributed by atoms with Crippen LogP contribution in [0.2, 0.25) is 0 Å². The van der Waals surface area contributed by atoms with Crippen LogP contribution < -0.4 is 5.32 Å². The number of carbonyl (C=O) groups excluding carboxylic acids is 1. The van der Waals surface area contributed by atoms with Crippen molar-refractivity contribution in [2.75, 3.05) is 26.2 Å². The second-order valence-electron chi connectivity index (χ2n) is 6.46. The molecular formula is C19H24N2O4S2. The first-order valence-electron chi connectivity index (χ1n) is 9.00. The molecule has 1 fully saturated rings. The fraction of sp³-hybridized carbons (Fsp3) is 0.421. The van der Waals surface area contributed by atoms with Gasteiger partial charge in [0.1, 0.15) is 4.21 Å². The molecule has 2 aromatic rings. The highest BCUT2D eigenvalue weighted by molar-refractivity contribution is 7.91. The van der Waals surface area contributed by atoms with E-state index < -0.39 is 10.0 Å². The second kappa shape index (κ2) is 9.45. The lowest BCUT2D eigenvalue weighted by atomic mass is 9.99. The molecule has 0 aliphatic carbocycles. The van der Waals surface area contributed by atoms with E-state index in [1.54, 1.807) is 17.5 Å². The minimum Gasteiger partial charge on any atom is -0.375 e. The Morgan fingerprint density at radius 3 is 2.78 bits per heavy atom. The van der Waals surface area contributed by atoms with Crippen LogP contribution >= 0.6 is 11.3 Å². The molecule has 6 nitrogen and oxygen atoms in total. The van der Waals surface area contributed by atoms with E-state index in [9.17, 15) is 13.2 Å². The third-order valence-corrected chi connectivity index (χ3v) is 7.74. The Morgan fingerprint density at radius 1 is 1.22 bits per heavy atom. The van der Waals surface area contributed by atoms with Crippen LogP contribution in [0.1, 0.15) is 18.4 Å². The largest absolute Gasteiger partial charge is 0.375 e. The van der Waals surface area contributed by atoms with Gasteiger partial charge in [-0.1, -0.05) is 36.4 Å². The van der Waals surface area contributed by atoms with Crippen LogP contribution in [0.5, 0.6) is 0 Å². The van der Waals surface area contributed by atoms with Gasteiger partial charge in [0.2, 0.25) is 5.91 Å². The number of sulfonamides is 1. The van der Waals surface area contributed by atoms with Crippen molar-refractivity contribution in [3.63, 3.8) is 0 Å². The predicted octanol–water partition coefficient (Wildman–Crippen LogP) is 2.48. The van der Waals surface area contributed by atoms with Crippen LogP contribution in [-0.4, -0.2) is 44.9 Å². The molecule has 1 aromatic heterocycles. The standard InChI is InChI=1S/C19H24N2O4S2/c22-19(20-10-12-25-15-16-6-2-1-3-7-16)17-8-4-11-21(14-17)27(23,24)18-9-5-13-26-18/h1-3,5-7,9,13,17H,4,8,10-12,14-15H2,(H,20,22). The molecule has 0 radical (unpaired) electrons. The van der Waals surface area contributed by atoms with E-state index in [4.69, 9.17) is 4.74 Å². The summed E-state index contributed by atoms with van der Waals surface area (Å²) in [7, 11) is -3.50.